The molecule has 1 aromatic carbocycles. The molecule has 0 saturated carbocycles. The minimum absolute atomic E-state index is 0.0193. The molecule has 2 aliphatic rings. The monoisotopic (exact) mass is 368 g/mol. The van der Waals surface area contributed by atoms with Crippen LogP contribution in [-0.4, -0.2) is 51.6 Å². The molecule has 1 atom stereocenters. The van der Waals surface area contributed by atoms with Crippen molar-refractivity contribution in [2.24, 2.45) is 5.73 Å². The van der Waals surface area contributed by atoms with Crippen LogP contribution in [0, 0.1) is 0 Å². The predicted octanol–water partition coefficient (Wildman–Crippen LogP) is 1.31. The lowest BCUT2D eigenvalue weighted by Gasteiger charge is -2.28. The minimum atomic E-state index is -0.517. The van der Waals surface area contributed by atoms with Crippen molar-refractivity contribution in [3.8, 4) is 0 Å². The number of amides is 3. The predicted molar refractivity (Wildman–Crippen MR) is 101 cm³/mol. The summed E-state index contributed by atoms with van der Waals surface area (Å²) in [6.07, 6.45) is 2.48. The number of hydrogen-bond acceptors (Lipinski definition) is 3. The Hall–Kier alpha value is -2.83. The number of nitrogens with zero attached hydrogens (tertiary/aromatic N) is 2. The zero-order valence-corrected chi connectivity index (χ0v) is 15.2. The standard InChI is InChI=1S/C20H24N4O3/c21-20(27)17-6-3-10-24(17)19(26)8-7-18(25)23-11-9-16-14(12-23)13-4-1-2-5-15(13)22-16/h1-2,4-5,17,22H,3,6-12H2,(H2,21,27)/t17-/m1/s1. The number of carbonyl (C=O) groups excluding carboxylic acids is 3. The summed E-state index contributed by atoms with van der Waals surface area (Å²) in [5, 5.41) is 1.16. The number of carbonyl (C=O) groups is 3. The van der Waals surface area contributed by atoms with Gasteiger partial charge in [-0.1, -0.05) is 18.2 Å². The minimum Gasteiger partial charge on any atom is -0.368 e. The number of nitrogens with two attached hydrogens (primary N) is 1. The fourth-order valence-electron chi connectivity index (χ4n) is 4.26. The first kappa shape index (κ1) is 17.6. The number of nitrogens with one attached hydrogen (secondary N) is 1. The van der Waals surface area contributed by atoms with Crippen molar-refractivity contribution in [3.63, 3.8) is 0 Å². The molecule has 7 heteroatoms. The molecule has 3 amide bonds. The highest BCUT2D eigenvalue weighted by molar-refractivity contribution is 5.90. The second kappa shape index (κ2) is 7.06. The summed E-state index contributed by atoms with van der Waals surface area (Å²) in [5.74, 6) is -0.640. The topological polar surface area (TPSA) is 99.5 Å². The molecule has 2 aromatic rings. The summed E-state index contributed by atoms with van der Waals surface area (Å²) in [5.41, 5.74) is 8.83. The molecule has 142 valence electrons. The van der Waals surface area contributed by atoms with E-state index in [-0.39, 0.29) is 24.7 Å². The SMILES string of the molecule is NC(=O)[C@H]1CCCN1C(=O)CCC(=O)N1CCc2[nH]c3ccccc3c2C1. The summed E-state index contributed by atoms with van der Waals surface area (Å²) >= 11 is 0. The lowest BCUT2D eigenvalue weighted by molar-refractivity contribution is -0.140. The van der Waals surface area contributed by atoms with Gasteiger partial charge in [0.15, 0.2) is 0 Å². The van der Waals surface area contributed by atoms with Crippen LogP contribution in [0.2, 0.25) is 0 Å². The molecule has 0 aliphatic carbocycles. The lowest BCUT2D eigenvalue weighted by atomic mass is 10.0. The van der Waals surface area contributed by atoms with Crippen molar-refractivity contribution < 1.29 is 14.4 Å². The Kier molecular flexibility index (Phi) is 4.59. The first-order valence-corrected chi connectivity index (χ1v) is 9.49. The number of H-pyrrole nitrogens is 1. The Morgan fingerprint density at radius 3 is 2.70 bits per heavy atom. The third-order valence-electron chi connectivity index (χ3n) is 5.69. The van der Waals surface area contributed by atoms with E-state index in [9.17, 15) is 14.4 Å². The molecule has 3 heterocycles. The molecule has 0 unspecified atom stereocenters. The lowest BCUT2D eigenvalue weighted by Crippen LogP contribution is -2.44. The molecule has 27 heavy (non-hydrogen) atoms. The fraction of sp³-hybridized carbons (Fsp3) is 0.450. The van der Waals surface area contributed by atoms with Crippen molar-refractivity contribution in [1.29, 1.82) is 0 Å². The van der Waals surface area contributed by atoms with Crippen LogP contribution in [0.3, 0.4) is 0 Å². The summed E-state index contributed by atoms with van der Waals surface area (Å²) in [4.78, 5) is 43.3. The molecule has 0 spiro atoms. The number of benzene rings is 1. The van der Waals surface area contributed by atoms with Gasteiger partial charge in [-0.15, -0.1) is 0 Å². The highest BCUT2D eigenvalue weighted by Crippen LogP contribution is 2.28. The van der Waals surface area contributed by atoms with Gasteiger partial charge in [0.05, 0.1) is 0 Å². The molecule has 7 nitrogen and oxygen atoms in total. The number of primary amides is 1. The van der Waals surface area contributed by atoms with Crippen LogP contribution in [0.5, 0.6) is 0 Å². The van der Waals surface area contributed by atoms with E-state index < -0.39 is 11.9 Å². The third-order valence-corrected chi connectivity index (χ3v) is 5.69. The largest absolute Gasteiger partial charge is 0.368 e. The number of fused-ring (bicyclic) bond motifs is 3. The van der Waals surface area contributed by atoms with Gasteiger partial charge in [0.1, 0.15) is 6.04 Å². The molecule has 1 aromatic heterocycles. The van der Waals surface area contributed by atoms with Crippen LogP contribution in [-0.2, 0) is 27.3 Å². The quantitative estimate of drug-likeness (QED) is 0.851. The second-order valence-electron chi connectivity index (χ2n) is 7.34. The smallest absolute Gasteiger partial charge is 0.240 e. The van der Waals surface area contributed by atoms with Gasteiger partial charge in [-0.2, -0.15) is 0 Å². The van der Waals surface area contributed by atoms with E-state index in [0.29, 0.717) is 26.1 Å². The van der Waals surface area contributed by atoms with Crippen LogP contribution in [0.4, 0.5) is 0 Å². The van der Waals surface area contributed by atoms with E-state index in [4.69, 9.17) is 5.73 Å². The van der Waals surface area contributed by atoms with Gasteiger partial charge < -0.3 is 20.5 Å². The molecular weight excluding hydrogens is 344 g/mol. The molecule has 0 bridgehead atoms. The van der Waals surface area contributed by atoms with E-state index in [1.807, 2.05) is 23.1 Å². The zero-order chi connectivity index (χ0) is 19.0. The van der Waals surface area contributed by atoms with Crippen molar-refractivity contribution >= 4 is 28.6 Å². The Balaban J connectivity index is 1.38. The highest BCUT2D eigenvalue weighted by Gasteiger charge is 2.33. The van der Waals surface area contributed by atoms with E-state index in [2.05, 4.69) is 11.1 Å². The van der Waals surface area contributed by atoms with Gasteiger partial charge in [0.2, 0.25) is 17.7 Å². The third kappa shape index (κ3) is 3.29. The number of hydrogen-bond donors (Lipinski definition) is 2. The van der Waals surface area contributed by atoms with Crippen molar-refractivity contribution in [2.75, 3.05) is 13.1 Å². The number of aromatic amines is 1. The van der Waals surface area contributed by atoms with Crippen LogP contribution < -0.4 is 5.73 Å². The normalized spacial score (nSPS) is 19.3. The average molecular weight is 368 g/mol. The number of likely N-dealkylation sites (tertiary alicyclic amines) is 1. The number of aromatic nitrogens is 1. The summed E-state index contributed by atoms with van der Waals surface area (Å²) in [6, 6.07) is 7.59. The first-order chi connectivity index (χ1) is 13.0. The molecule has 2 aliphatic heterocycles. The van der Waals surface area contributed by atoms with Crippen LogP contribution in [0.25, 0.3) is 10.9 Å². The van der Waals surface area contributed by atoms with E-state index in [0.717, 1.165) is 23.7 Å². The fourth-order valence-corrected chi connectivity index (χ4v) is 4.26. The van der Waals surface area contributed by atoms with Crippen LogP contribution in [0.1, 0.15) is 36.9 Å². The van der Waals surface area contributed by atoms with E-state index in [1.54, 1.807) is 0 Å². The van der Waals surface area contributed by atoms with Gasteiger partial charge in [-0.05, 0) is 18.9 Å². The molecule has 4 rings (SSSR count). The Morgan fingerprint density at radius 1 is 1.11 bits per heavy atom. The number of rotatable bonds is 4. The number of para-hydroxylation sites is 1. The Labute approximate surface area is 157 Å². The van der Waals surface area contributed by atoms with Gasteiger partial charge in [0.25, 0.3) is 0 Å². The maximum atomic E-state index is 12.7. The first-order valence-electron chi connectivity index (χ1n) is 9.49. The zero-order valence-electron chi connectivity index (χ0n) is 15.2. The summed E-state index contributed by atoms with van der Waals surface area (Å²) in [7, 11) is 0. The second-order valence-corrected chi connectivity index (χ2v) is 7.34. The van der Waals surface area contributed by atoms with Crippen LogP contribution >= 0.6 is 0 Å². The average Bonchev–Trinajstić information content (AvgIpc) is 3.30. The molecule has 1 saturated heterocycles. The molecule has 1 fully saturated rings. The van der Waals surface area contributed by atoms with Gasteiger partial charge >= 0.3 is 0 Å². The van der Waals surface area contributed by atoms with Gasteiger partial charge in [0, 0.05) is 61.1 Å². The molecule has 0 radical (unpaired) electrons. The van der Waals surface area contributed by atoms with Crippen molar-refractivity contribution in [1.82, 2.24) is 14.8 Å². The molecule has 3 N–H and O–H groups in total. The highest BCUT2D eigenvalue weighted by atomic mass is 16.2. The van der Waals surface area contributed by atoms with Crippen molar-refractivity contribution in [2.45, 2.75) is 44.7 Å². The Morgan fingerprint density at radius 2 is 1.89 bits per heavy atom. The molecular formula is C20H24N4O3. The van der Waals surface area contributed by atoms with Crippen molar-refractivity contribution in [3.05, 3.63) is 35.5 Å². The summed E-state index contributed by atoms with van der Waals surface area (Å²) < 4.78 is 0. The summed E-state index contributed by atoms with van der Waals surface area (Å²) in [6.45, 7) is 1.77. The van der Waals surface area contributed by atoms with E-state index >= 15 is 0 Å². The van der Waals surface area contributed by atoms with E-state index in [1.165, 1.54) is 16.2 Å². The van der Waals surface area contributed by atoms with Gasteiger partial charge in [-0.25, -0.2) is 0 Å². The van der Waals surface area contributed by atoms with Gasteiger partial charge in [-0.3, -0.25) is 14.4 Å². The maximum absolute atomic E-state index is 12.7. The Bertz CT molecular complexity index is 904. The maximum Gasteiger partial charge on any atom is 0.240 e. The van der Waals surface area contributed by atoms with Crippen LogP contribution in [0.15, 0.2) is 24.3 Å².